The highest BCUT2D eigenvalue weighted by molar-refractivity contribution is 5.67. The molecule has 0 aliphatic rings. The molecule has 1 aromatic heterocycles. The van der Waals surface area contributed by atoms with Gasteiger partial charge in [-0.15, -0.1) is 0 Å². The summed E-state index contributed by atoms with van der Waals surface area (Å²) in [6.07, 6.45) is -1.40. The van der Waals surface area contributed by atoms with Crippen LogP contribution in [-0.2, 0) is 0 Å². The van der Waals surface area contributed by atoms with Gasteiger partial charge in [0.05, 0.1) is 4.92 Å². The zero-order valence-electron chi connectivity index (χ0n) is 10.0. The van der Waals surface area contributed by atoms with E-state index in [1.54, 1.807) is 25.1 Å². The van der Waals surface area contributed by atoms with Crippen LogP contribution in [-0.4, -0.2) is 9.91 Å². The van der Waals surface area contributed by atoms with E-state index in [-0.39, 0.29) is 11.4 Å². The number of hydrogen-bond acceptors (Lipinski definition) is 3. The predicted octanol–water partition coefficient (Wildman–Crippen LogP) is 3.90. The summed E-state index contributed by atoms with van der Waals surface area (Å²) in [6.45, 7) is 1.62. The molecular weight excluding hydrogens is 254 g/mol. The third-order valence-corrected chi connectivity index (χ3v) is 2.74. The minimum atomic E-state index is -2.67. The van der Waals surface area contributed by atoms with Gasteiger partial charge < -0.3 is 0 Å². The summed E-state index contributed by atoms with van der Waals surface area (Å²) in [7, 11) is 0. The first kappa shape index (κ1) is 13.1. The van der Waals surface area contributed by atoms with E-state index in [2.05, 4.69) is 4.98 Å². The van der Waals surface area contributed by atoms with Crippen LogP contribution >= 0.6 is 0 Å². The third kappa shape index (κ3) is 2.73. The predicted molar refractivity (Wildman–Crippen MR) is 66.0 cm³/mol. The van der Waals surface area contributed by atoms with Crippen LogP contribution in [0.5, 0.6) is 0 Å². The molecule has 2 aromatic rings. The molecule has 2 rings (SSSR count). The van der Waals surface area contributed by atoms with E-state index in [9.17, 15) is 18.9 Å². The van der Waals surface area contributed by atoms with Crippen LogP contribution < -0.4 is 0 Å². The Bertz CT molecular complexity index is 630. The average molecular weight is 264 g/mol. The number of hydrogen-bond donors (Lipinski definition) is 0. The van der Waals surface area contributed by atoms with Crippen LogP contribution in [0.25, 0.3) is 11.1 Å². The summed E-state index contributed by atoms with van der Waals surface area (Å²) in [6, 6.07) is 7.40. The Hall–Kier alpha value is -2.37. The van der Waals surface area contributed by atoms with Crippen molar-refractivity contribution in [3.63, 3.8) is 0 Å². The Morgan fingerprint density at radius 3 is 2.53 bits per heavy atom. The summed E-state index contributed by atoms with van der Waals surface area (Å²) in [5.41, 5.74) is 1.14. The molecule has 0 radical (unpaired) electrons. The van der Waals surface area contributed by atoms with E-state index in [0.717, 1.165) is 0 Å². The first-order valence-corrected chi connectivity index (χ1v) is 5.48. The maximum absolute atomic E-state index is 12.6. The minimum absolute atomic E-state index is 0.0343. The Morgan fingerprint density at radius 1 is 1.21 bits per heavy atom. The number of nitro benzene ring substituents is 1. The van der Waals surface area contributed by atoms with Gasteiger partial charge in [0.25, 0.3) is 12.1 Å². The lowest BCUT2D eigenvalue weighted by Crippen LogP contribution is -1.93. The van der Waals surface area contributed by atoms with Gasteiger partial charge in [-0.05, 0) is 30.2 Å². The molecule has 0 unspecified atom stereocenters. The molecule has 1 heterocycles. The van der Waals surface area contributed by atoms with Crippen LogP contribution in [0.2, 0.25) is 0 Å². The molecule has 0 bridgehead atoms. The number of benzene rings is 1. The number of alkyl halides is 2. The maximum Gasteiger partial charge on any atom is 0.280 e. The molecule has 0 amide bonds. The van der Waals surface area contributed by atoms with Gasteiger partial charge in [-0.3, -0.25) is 15.1 Å². The Labute approximate surface area is 107 Å². The van der Waals surface area contributed by atoms with Crippen molar-refractivity contribution in [3.8, 4) is 11.1 Å². The lowest BCUT2D eigenvalue weighted by atomic mass is 10.0. The second-order valence-corrected chi connectivity index (χ2v) is 4.03. The summed E-state index contributed by atoms with van der Waals surface area (Å²) >= 11 is 0. The minimum Gasteiger partial charge on any atom is -0.258 e. The van der Waals surface area contributed by atoms with E-state index in [1.807, 2.05) is 0 Å². The standard InChI is InChI=1S/C13H10F2N2O2/c1-8-2-3-9(7-12(8)17(18)19)10-4-5-16-11(6-10)13(14)15/h2-7,13H,1H3. The largest absolute Gasteiger partial charge is 0.280 e. The van der Waals surface area contributed by atoms with Crippen molar-refractivity contribution in [2.75, 3.05) is 0 Å². The van der Waals surface area contributed by atoms with E-state index in [1.165, 1.54) is 18.3 Å². The van der Waals surface area contributed by atoms with Gasteiger partial charge in [-0.25, -0.2) is 8.78 Å². The van der Waals surface area contributed by atoms with Crippen molar-refractivity contribution >= 4 is 5.69 Å². The molecule has 0 aliphatic heterocycles. The molecule has 0 N–H and O–H groups in total. The van der Waals surface area contributed by atoms with Crippen molar-refractivity contribution in [1.29, 1.82) is 0 Å². The van der Waals surface area contributed by atoms with Crippen LogP contribution in [0, 0.1) is 17.0 Å². The smallest absolute Gasteiger partial charge is 0.258 e. The molecule has 4 nitrogen and oxygen atoms in total. The normalized spacial score (nSPS) is 10.7. The molecule has 1 aromatic carbocycles. The molecule has 19 heavy (non-hydrogen) atoms. The molecule has 0 spiro atoms. The van der Waals surface area contributed by atoms with E-state index in [0.29, 0.717) is 16.7 Å². The second-order valence-electron chi connectivity index (χ2n) is 4.03. The highest BCUT2D eigenvalue weighted by Crippen LogP contribution is 2.28. The first-order chi connectivity index (χ1) is 8.99. The monoisotopic (exact) mass is 264 g/mol. The lowest BCUT2D eigenvalue weighted by molar-refractivity contribution is -0.385. The Morgan fingerprint density at radius 2 is 1.89 bits per heavy atom. The number of aryl methyl sites for hydroxylation is 1. The fourth-order valence-electron chi connectivity index (χ4n) is 1.73. The summed E-state index contributed by atoms with van der Waals surface area (Å²) in [4.78, 5) is 13.9. The number of rotatable bonds is 3. The summed E-state index contributed by atoms with van der Waals surface area (Å²) < 4.78 is 25.1. The van der Waals surface area contributed by atoms with E-state index in [4.69, 9.17) is 0 Å². The maximum atomic E-state index is 12.6. The highest BCUT2D eigenvalue weighted by Gasteiger charge is 2.14. The topological polar surface area (TPSA) is 56.0 Å². The van der Waals surface area contributed by atoms with Crippen molar-refractivity contribution in [2.45, 2.75) is 13.3 Å². The third-order valence-electron chi connectivity index (χ3n) is 2.74. The zero-order valence-corrected chi connectivity index (χ0v) is 10.0. The number of aromatic nitrogens is 1. The fraction of sp³-hybridized carbons (Fsp3) is 0.154. The first-order valence-electron chi connectivity index (χ1n) is 5.48. The lowest BCUT2D eigenvalue weighted by Gasteiger charge is -2.05. The van der Waals surface area contributed by atoms with Gasteiger partial charge >= 0.3 is 0 Å². The number of nitro groups is 1. The molecule has 0 fully saturated rings. The zero-order chi connectivity index (χ0) is 14.0. The van der Waals surface area contributed by atoms with Gasteiger partial charge in [-0.1, -0.05) is 12.1 Å². The molecular formula is C13H10F2N2O2. The van der Waals surface area contributed by atoms with Crippen molar-refractivity contribution in [1.82, 2.24) is 4.98 Å². The number of pyridine rings is 1. The summed E-state index contributed by atoms with van der Waals surface area (Å²) in [5, 5.41) is 10.9. The molecule has 0 aliphatic carbocycles. The van der Waals surface area contributed by atoms with Gasteiger partial charge in [0.2, 0.25) is 0 Å². The summed E-state index contributed by atoms with van der Waals surface area (Å²) in [5.74, 6) is 0. The van der Waals surface area contributed by atoms with Gasteiger partial charge in [0, 0.05) is 17.8 Å². The number of nitrogens with zero attached hydrogens (tertiary/aromatic N) is 2. The number of halogens is 2. The fourth-order valence-corrected chi connectivity index (χ4v) is 1.73. The van der Waals surface area contributed by atoms with Gasteiger partial charge in [0.15, 0.2) is 0 Å². The molecule has 0 atom stereocenters. The van der Waals surface area contributed by atoms with Crippen molar-refractivity contribution < 1.29 is 13.7 Å². The van der Waals surface area contributed by atoms with Gasteiger partial charge in [0.1, 0.15) is 5.69 Å². The van der Waals surface area contributed by atoms with E-state index < -0.39 is 11.3 Å². The van der Waals surface area contributed by atoms with Gasteiger partial charge in [-0.2, -0.15) is 0 Å². The molecule has 98 valence electrons. The van der Waals surface area contributed by atoms with E-state index >= 15 is 0 Å². The van der Waals surface area contributed by atoms with Crippen LogP contribution in [0.15, 0.2) is 36.5 Å². The quantitative estimate of drug-likeness (QED) is 0.624. The highest BCUT2D eigenvalue weighted by atomic mass is 19.3. The van der Waals surface area contributed by atoms with Crippen LogP contribution in [0.1, 0.15) is 17.7 Å². The van der Waals surface area contributed by atoms with Crippen molar-refractivity contribution in [2.24, 2.45) is 0 Å². The average Bonchev–Trinajstić information content (AvgIpc) is 2.39. The Balaban J connectivity index is 2.50. The molecule has 0 saturated carbocycles. The Kier molecular flexibility index (Phi) is 3.50. The molecule has 0 saturated heterocycles. The second kappa shape index (κ2) is 5.09. The van der Waals surface area contributed by atoms with Crippen LogP contribution in [0.4, 0.5) is 14.5 Å². The van der Waals surface area contributed by atoms with Crippen LogP contribution in [0.3, 0.4) is 0 Å². The molecule has 6 heteroatoms. The SMILES string of the molecule is Cc1ccc(-c2ccnc(C(F)F)c2)cc1[N+](=O)[O-]. The van der Waals surface area contributed by atoms with Crippen molar-refractivity contribution in [3.05, 3.63) is 57.9 Å².